The van der Waals surface area contributed by atoms with E-state index in [0.717, 1.165) is 41.5 Å². The number of rotatable bonds is 6. The van der Waals surface area contributed by atoms with Crippen LogP contribution in [0.1, 0.15) is 36.1 Å². The van der Waals surface area contributed by atoms with Crippen molar-refractivity contribution in [1.82, 2.24) is 5.32 Å². The predicted molar refractivity (Wildman–Crippen MR) is 104 cm³/mol. The van der Waals surface area contributed by atoms with E-state index in [1.165, 1.54) is 29.3 Å². The molecule has 2 aromatic carbocycles. The van der Waals surface area contributed by atoms with E-state index in [2.05, 4.69) is 17.4 Å². The number of hydrogen-bond acceptors (Lipinski definition) is 3. The van der Waals surface area contributed by atoms with Gasteiger partial charge >= 0.3 is 0 Å². The molecule has 0 unspecified atom stereocenters. The van der Waals surface area contributed by atoms with Crippen molar-refractivity contribution in [3.8, 4) is 0 Å². The first-order valence-corrected chi connectivity index (χ1v) is 10.7. The zero-order valence-electron chi connectivity index (χ0n) is 15.4. The summed E-state index contributed by atoms with van der Waals surface area (Å²) in [6, 6.07) is 11.1. The van der Waals surface area contributed by atoms with Gasteiger partial charge in [0, 0.05) is 0 Å². The number of aryl methyl sites for hydroxylation is 2. The Morgan fingerprint density at radius 2 is 1.93 bits per heavy atom. The Labute approximate surface area is 159 Å². The molecule has 1 amide bonds. The van der Waals surface area contributed by atoms with Gasteiger partial charge in [-0.1, -0.05) is 24.3 Å². The minimum absolute atomic E-state index is 0.123. The third kappa shape index (κ3) is 4.66. The normalized spacial score (nSPS) is 14.5. The van der Waals surface area contributed by atoms with Crippen LogP contribution in [-0.4, -0.2) is 27.1 Å². The summed E-state index contributed by atoms with van der Waals surface area (Å²) < 4.78 is 38.5. The number of hydrogen-bond donors (Lipinski definition) is 1. The number of carbonyl (C=O) groups excluding carboxylic acids is 1. The first-order chi connectivity index (χ1) is 12.7. The van der Waals surface area contributed by atoms with Gasteiger partial charge in [0.2, 0.25) is 15.9 Å². The number of benzene rings is 2. The number of anilines is 1. The third-order valence-electron chi connectivity index (χ3n) is 4.78. The molecule has 0 bridgehead atoms. The molecule has 3 rings (SSSR count). The van der Waals surface area contributed by atoms with Gasteiger partial charge < -0.3 is 5.32 Å². The fourth-order valence-electron chi connectivity index (χ4n) is 3.39. The molecule has 1 aliphatic carbocycles. The van der Waals surface area contributed by atoms with Crippen LogP contribution in [0, 0.1) is 5.82 Å². The van der Waals surface area contributed by atoms with Gasteiger partial charge in [0.25, 0.3) is 0 Å². The quantitative estimate of drug-likeness (QED) is 0.825. The summed E-state index contributed by atoms with van der Waals surface area (Å²) in [5, 5.41) is 2.84. The van der Waals surface area contributed by atoms with Gasteiger partial charge in [-0.15, -0.1) is 0 Å². The van der Waals surface area contributed by atoms with Crippen molar-refractivity contribution in [2.75, 3.05) is 17.1 Å². The van der Waals surface area contributed by atoms with E-state index in [9.17, 15) is 17.6 Å². The molecular weight excluding hydrogens is 367 g/mol. The molecule has 0 saturated carbocycles. The van der Waals surface area contributed by atoms with E-state index in [1.54, 1.807) is 0 Å². The van der Waals surface area contributed by atoms with Gasteiger partial charge in [0.05, 0.1) is 18.0 Å². The first-order valence-electron chi connectivity index (χ1n) is 8.88. The fourth-order valence-corrected chi connectivity index (χ4v) is 4.24. The largest absolute Gasteiger partial charge is 0.348 e. The lowest BCUT2D eigenvalue weighted by molar-refractivity contribution is -0.120. The van der Waals surface area contributed by atoms with Crippen LogP contribution in [0.4, 0.5) is 10.1 Å². The van der Waals surface area contributed by atoms with Crippen LogP contribution < -0.4 is 9.62 Å². The second kappa shape index (κ2) is 7.68. The van der Waals surface area contributed by atoms with Crippen LogP contribution in [0.25, 0.3) is 0 Å². The molecule has 0 spiro atoms. The van der Waals surface area contributed by atoms with Crippen LogP contribution >= 0.6 is 0 Å². The zero-order valence-corrected chi connectivity index (χ0v) is 16.2. The van der Waals surface area contributed by atoms with E-state index in [-0.39, 0.29) is 11.7 Å². The maximum absolute atomic E-state index is 13.5. The molecule has 1 aliphatic rings. The SMILES string of the molecule is C[C@@H](NC(=O)CN(c1cccc(F)c1)S(C)(=O)=O)c1ccc2c(c1)CCC2. The summed E-state index contributed by atoms with van der Waals surface area (Å²) in [6.07, 6.45) is 4.28. The number of carbonyl (C=O) groups is 1. The monoisotopic (exact) mass is 390 g/mol. The second-order valence-corrected chi connectivity index (χ2v) is 8.83. The van der Waals surface area contributed by atoms with Gasteiger partial charge in [-0.3, -0.25) is 9.10 Å². The zero-order chi connectivity index (χ0) is 19.6. The predicted octanol–water partition coefficient (Wildman–Crippen LogP) is 2.96. The molecular formula is C20H23FN2O3S. The van der Waals surface area contributed by atoms with Gasteiger partial charge in [-0.2, -0.15) is 0 Å². The topological polar surface area (TPSA) is 66.5 Å². The maximum atomic E-state index is 13.5. The Morgan fingerprint density at radius 1 is 1.19 bits per heavy atom. The molecule has 27 heavy (non-hydrogen) atoms. The molecule has 7 heteroatoms. The smallest absolute Gasteiger partial charge is 0.241 e. The van der Waals surface area contributed by atoms with Crippen LogP contribution in [0.5, 0.6) is 0 Å². The first kappa shape index (κ1) is 19.4. The summed E-state index contributed by atoms with van der Waals surface area (Å²) in [5.41, 5.74) is 3.77. The molecule has 5 nitrogen and oxygen atoms in total. The molecule has 144 valence electrons. The molecule has 1 atom stereocenters. The molecule has 1 N–H and O–H groups in total. The van der Waals surface area contributed by atoms with Gasteiger partial charge in [-0.05, 0) is 61.1 Å². The van der Waals surface area contributed by atoms with Gasteiger partial charge in [-0.25, -0.2) is 12.8 Å². The maximum Gasteiger partial charge on any atom is 0.241 e. The molecule has 0 aromatic heterocycles. The molecule has 0 aliphatic heterocycles. The lowest BCUT2D eigenvalue weighted by Gasteiger charge is -2.23. The van der Waals surface area contributed by atoms with Crippen molar-refractivity contribution in [2.45, 2.75) is 32.2 Å². The number of nitrogens with one attached hydrogen (secondary N) is 1. The van der Waals surface area contributed by atoms with Crippen molar-refractivity contribution in [1.29, 1.82) is 0 Å². The van der Waals surface area contributed by atoms with Crippen LogP contribution in [-0.2, 0) is 27.7 Å². The lowest BCUT2D eigenvalue weighted by atomic mass is 10.0. The highest BCUT2D eigenvalue weighted by atomic mass is 32.2. The van der Waals surface area contributed by atoms with E-state index in [0.29, 0.717) is 0 Å². The number of nitrogens with zero attached hydrogens (tertiary/aromatic N) is 1. The van der Waals surface area contributed by atoms with E-state index in [1.807, 2.05) is 13.0 Å². The van der Waals surface area contributed by atoms with Crippen LogP contribution in [0.3, 0.4) is 0 Å². The highest BCUT2D eigenvalue weighted by Gasteiger charge is 2.22. The highest BCUT2D eigenvalue weighted by Crippen LogP contribution is 2.25. The van der Waals surface area contributed by atoms with E-state index >= 15 is 0 Å². The van der Waals surface area contributed by atoms with Crippen molar-refractivity contribution >= 4 is 21.6 Å². The number of amides is 1. The Hall–Kier alpha value is -2.41. The number of sulfonamides is 1. The fraction of sp³-hybridized carbons (Fsp3) is 0.350. The van der Waals surface area contributed by atoms with Crippen molar-refractivity contribution in [3.63, 3.8) is 0 Å². The Balaban J connectivity index is 1.72. The third-order valence-corrected chi connectivity index (χ3v) is 5.92. The Bertz CT molecular complexity index is 959. The van der Waals surface area contributed by atoms with Gasteiger partial charge in [0.1, 0.15) is 12.4 Å². The number of halogens is 1. The van der Waals surface area contributed by atoms with Crippen LogP contribution in [0.15, 0.2) is 42.5 Å². The summed E-state index contributed by atoms with van der Waals surface area (Å²) in [5.74, 6) is -1.01. The lowest BCUT2D eigenvalue weighted by Crippen LogP contribution is -2.41. The summed E-state index contributed by atoms with van der Waals surface area (Å²) >= 11 is 0. The average molecular weight is 390 g/mol. The average Bonchev–Trinajstić information content (AvgIpc) is 3.06. The molecule has 2 aromatic rings. The second-order valence-electron chi connectivity index (χ2n) is 6.92. The van der Waals surface area contributed by atoms with Gasteiger partial charge in [0.15, 0.2) is 0 Å². The molecule has 0 heterocycles. The van der Waals surface area contributed by atoms with E-state index in [4.69, 9.17) is 0 Å². The van der Waals surface area contributed by atoms with E-state index < -0.39 is 28.3 Å². The minimum Gasteiger partial charge on any atom is -0.348 e. The Kier molecular flexibility index (Phi) is 5.51. The summed E-state index contributed by atoms with van der Waals surface area (Å²) in [6.45, 7) is 1.46. The standard InChI is InChI=1S/C20H23FN2O3S/c1-14(16-10-9-15-5-3-6-17(15)11-16)22-20(24)13-23(27(2,25)26)19-8-4-7-18(21)12-19/h4,7-12,14H,3,5-6,13H2,1-2H3,(H,22,24)/t14-/m1/s1. The van der Waals surface area contributed by atoms with Crippen molar-refractivity contribution in [2.24, 2.45) is 0 Å². The molecule has 0 fully saturated rings. The highest BCUT2D eigenvalue weighted by molar-refractivity contribution is 7.92. The minimum atomic E-state index is -3.73. The Morgan fingerprint density at radius 3 is 2.63 bits per heavy atom. The molecule has 0 radical (unpaired) electrons. The van der Waals surface area contributed by atoms with Crippen molar-refractivity contribution < 1.29 is 17.6 Å². The van der Waals surface area contributed by atoms with Crippen molar-refractivity contribution in [3.05, 3.63) is 65.0 Å². The number of fused-ring (bicyclic) bond motifs is 1. The van der Waals surface area contributed by atoms with Crippen LogP contribution in [0.2, 0.25) is 0 Å². The summed E-state index contributed by atoms with van der Waals surface area (Å²) in [7, 11) is -3.73. The molecule has 0 saturated heterocycles. The summed E-state index contributed by atoms with van der Waals surface area (Å²) in [4.78, 5) is 12.5.